The van der Waals surface area contributed by atoms with Crippen LogP contribution in [-0.4, -0.2) is 28.9 Å². The van der Waals surface area contributed by atoms with Crippen LogP contribution < -0.4 is 9.64 Å². The van der Waals surface area contributed by atoms with Gasteiger partial charge in [0.25, 0.3) is 5.78 Å². The second-order valence-corrected chi connectivity index (χ2v) is 9.36. The number of methoxy groups -OCH3 is 1. The summed E-state index contributed by atoms with van der Waals surface area (Å²) in [5.74, 6) is -1.09. The van der Waals surface area contributed by atoms with E-state index in [1.54, 1.807) is 55.6 Å². The van der Waals surface area contributed by atoms with E-state index in [0.29, 0.717) is 32.5 Å². The number of ketones is 1. The van der Waals surface area contributed by atoms with Gasteiger partial charge in [-0.15, -0.1) is 0 Å². The van der Waals surface area contributed by atoms with E-state index in [-0.39, 0.29) is 11.3 Å². The quantitative estimate of drug-likeness (QED) is 0.219. The summed E-state index contributed by atoms with van der Waals surface area (Å²) in [5.41, 5.74) is 2.78. The van der Waals surface area contributed by atoms with E-state index < -0.39 is 17.7 Å². The standard InChI is InChI=1S/C26H19ClN2O4S/c1-14-3-5-16(6-4-14)23(30)21-22(15-7-9-17(27)10-8-15)29(25(32)24(21)31)26-28-19-12-11-18(33-2)13-20(19)34-26/h3-13,22,30H,1-2H3/t22-/m1/s1. The molecule has 1 saturated heterocycles. The Morgan fingerprint density at radius 1 is 1.06 bits per heavy atom. The number of hydrogen-bond donors (Lipinski definition) is 1. The van der Waals surface area contributed by atoms with E-state index in [1.165, 1.54) is 16.2 Å². The third kappa shape index (κ3) is 3.73. The number of carbonyl (C=O) groups excluding carboxylic acids is 2. The monoisotopic (exact) mass is 490 g/mol. The number of ether oxygens (including phenoxy) is 1. The lowest BCUT2D eigenvalue weighted by atomic mass is 9.95. The van der Waals surface area contributed by atoms with Crippen LogP contribution in [0.25, 0.3) is 16.0 Å². The Morgan fingerprint density at radius 3 is 2.44 bits per heavy atom. The van der Waals surface area contributed by atoms with E-state index in [1.807, 2.05) is 25.1 Å². The highest BCUT2D eigenvalue weighted by Gasteiger charge is 2.48. The normalized spacial score (nSPS) is 17.5. The van der Waals surface area contributed by atoms with E-state index >= 15 is 0 Å². The van der Waals surface area contributed by atoms with Gasteiger partial charge in [-0.25, -0.2) is 4.98 Å². The van der Waals surface area contributed by atoms with Crippen LogP contribution in [0.15, 0.2) is 72.3 Å². The molecule has 1 fully saturated rings. The average molecular weight is 491 g/mol. The highest BCUT2D eigenvalue weighted by Crippen LogP contribution is 2.44. The molecule has 3 aromatic carbocycles. The molecular weight excluding hydrogens is 472 g/mol. The minimum absolute atomic E-state index is 0.00742. The van der Waals surface area contributed by atoms with E-state index in [2.05, 4.69) is 4.98 Å². The van der Waals surface area contributed by atoms with Gasteiger partial charge in [0.05, 0.1) is 28.9 Å². The van der Waals surface area contributed by atoms with Gasteiger partial charge < -0.3 is 9.84 Å². The van der Waals surface area contributed by atoms with Crippen LogP contribution in [0.2, 0.25) is 5.02 Å². The zero-order chi connectivity index (χ0) is 24.0. The third-order valence-electron chi connectivity index (χ3n) is 5.75. The van der Waals surface area contributed by atoms with Crippen molar-refractivity contribution in [1.29, 1.82) is 0 Å². The number of nitrogens with zero attached hydrogens (tertiary/aromatic N) is 2. The first-order chi connectivity index (χ1) is 16.4. The number of rotatable bonds is 4. The van der Waals surface area contributed by atoms with Crippen molar-refractivity contribution in [2.45, 2.75) is 13.0 Å². The Labute approximate surface area is 204 Å². The molecule has 1 aliphatic rings. The van der Waals surface area contributed by atoms with Crippen molar-refractivity contribution in [3.63, 3.8) is 0 Å². The molecule has 1 N–H and O–H groups in total. The fourth-order valence-corrected chi connectivity index (χ4v) is 5.13. The summed E-state index contributed by atoms with van der Waals surface area (Å²) in [6, 6.07) is 18.5. The summed E-state index contributed by atoms with van der Waals surface area (Å²) in [4.78, 5) is 32.5. The Hall–Kier alpha value is -3.68. The van der Waals surface area contributed by atoms with Gasteiger partial charge in [-0.2, -0.15) is 0 Å². The van der Waals surface area contributed by atoms with Gasteiger partial charge in [-0.1, -0.05) is 64.9 Å². The number of Topliss-reactive ketones (excluding diaryl/α,β-unsaturated/α-hetero) is 1. The van der Waals surface area contributed by atoms with Gasteiger partial charge in [-0.05, 0) is 42.8 Å². The lowest BCUT2D eigenvalue weighted by molar-refractivity contribution is -0.132. The molecule has 0 bridgehead atoms. The molecule has 1 atom stereocenters. The topological polar surface area (TPSA) is 79.7 Å². The molecule has 0 saturated carbocycles. The molecule has 1 aromatic heterocycles. The number of hydrogen-bond acceptors (Lipinski definition) is 6. The minimum Gasteiger partial charge on any atom is -0.507 e. The Bertz CT molecular complexity index is 1460. The number of halogens is 1. The van der Waals surface area contributed by atoms with Crippen LogP contribution in [0.4, 0.5) is 5.13 Å². The number of aryl methyl sites for hydroxylation is 1. The van der Waals surface area contributed by atoms with Crippen LogP contribution in [0.1, 0.15) is 22.7 Å². The predicted molar refractivity (Wildman–Crippen MR) is 134 cm³/mol. The fraction of sp³-hybridized carbons (Fsp3) is 0.115. The molecule has 34 heavy (non-hydrogen) atoms. The van der Waals surface area contributed by atoms with Crippen LogP contribution in [-0.2, 0) is 9.59 Å². The molecule has 0 aliphatic carbocycles. The van der Waals surface area contributed by atoms with Gasteiger partial charge in [-0.3, -0.25) is 14.5 Å². The van der Waals surface area contributed by atoms with Gasteiger partial charge in [0.2, 0.25) is 0 Å². The van der Waals surface area contributed by atoms with Crippen LogP contribution >= 0.6 is 22.9 Å². The maximum Gasteiger partial charge on any atom is 0.301 e. The fourth-order valence-electron chi connectivity index (χ4n) is 3.98. The first-order valence-electron chi connectivity index (χ1n) is 10.5. The number of thiazole rings is 1. The van der Waals surface area contributed by atoms with Crippen molar-refractivity contribution in [2.24, 2.45) is 0 Å². The maximum absolute atomic E-state index is 13.3. The minimum atomic E-state index is -0.860. The summed E-state index contributed by atoms with van der Waals surface area (Å²) < 4.78 is 6.10. The molecule has 2 heterocycles. The van der Waals surface area contributed by atoms with Crippen molar-refractivity contribution in [1.82, 2.24) is 4.98 Å². The molecule has 4 aromatic rings. The number of aliphatic hydroxyl groups excluding tert-OH is 1. The summed E-state index contributed by atoms with van der Waals surface area (Å²) in [5, 5.41) is 12.1. The number of amides is 1. The van der Waals surface area contributed by atoms with Crippen molar-refractivity contribution in [2.75, 3.05) is 12.0 Å². The Kier molecular flexibility index (Phi) is 5.59. The zero-order valence-electron chi connectivity index (χ0n) is 18.3. The molecule has 8 heteroatoms. The SMILES string of the molecule is COc1ccc2nc(N3C(=O)C(=O)C(=C(O)c4ccc(C)cc4)[C@H]3c3ccc(Cl)cc3)sc2c1. The molecule has 6 nitrogen and oxygen atoms in total. The molecule has 1 amide bonds. The van der Waals surface area contributed by atoms with E-state index in [0.717, 1.165) is 10.3 Å². The Balaban J connectivity index is 1.71. The van der Waals surface area contributed by atoms with Gasteiger partial charge in [0, 0.05) is 10.6 Å². The van der Waals surface area contributed by atoms with Crippen molar-refractivity contribution in [3.05, 3.63) is 94.0 Å². The molecular formula is C26H19ClN2O4S. The van der Waals surface area contributed by atoms with E-state index in [4.69, 9.17) is 16.3 Å². The lowest BCUT2D eigenvalue weighted by Crippen LogP contribution is -2.29. The van der Waals surface area contributed by atoms with Gasteiger partial charge in [0.1, 0.15) is 11.5 Å². The highest BCUT2D eigenvalue weighted by molar-refractivity contribution is 7.22. The molecule has 5 rings (SSSR count). The smallest absolute Gasteiger partial charge is 0.301 e. The molecule has 0 spiro atoms. The second kappa shape index (κ2) is 8.59. The van der Waals surface area contributed by atoms with Gasteiger partial charge in [0.15, 0.2) is 5.13 Å². The van der Waals surface area contributed by atoms with E-state index in [9.17, 15) is 14.7 Å². The zero-order valence-corrected chi connectivity index (χ0v) is 19.9. The second-order valence-electron chi connectivity index (χ2n) is 7.92. The van der Waals surface area contributed by atoms with Crippen LogP contribution in [0.5, 0.6) is 5.75 Å². The van der Waals surface area contributed by atoms with Crippen LogP contribution in [0, 0.1) is 6.92 Å². The number of aromatic nitrogens is 1. The predicted octanol–water partition coefficient (Wildman–Crippen LogP) is 5.89. The highest BCUT2D eigenvalue weighted by atomic mass is 35.5. The number of anilines is 1. The van der Waals surface area contributed by atoms with Crippen molar-refractivity contribution in [3.8, 4) is 5.75 Å². The lowest BCUT2D eigenvalue weighted by Gasteiger charge is -2.23. The molecule has 0 unspecified atom stereocenters. The van der Waals surface area contributed by atoms with Crippen LogP contribution in [0.3, 0.4) is 0 Å². The molecule has 170 valence electrons. The maximum atomic E-state index is 13.3. The van der Waals surface area contributed by atoms with Crippen molar-refractivity contribution >= 4 is 55.7 Å². The summed E-state index contributed by atoms with van der Waals surface area (Å²) >= 11 is 7.36. The number of benzene rings is 3. The average Bonchev–Trinajstić information content (AvgIpc) is 3.37. The number of aliphatic hydroxyl groups is 1. The molecule has 1 aliphatic heterocycles. The Morgan fingerprint density at radius 2 is 1.76 bits per heavy atom. The first-order valence-corrected chi connectivity index (χ1v) is 11.6. The summed E-state index contributed by atoms with van der Waals surface area (Å²) in [7, 11) is 1.58. The largest absolute Gasteiger partial charge is 0.507 e. The molecule has 0 radical (unpaired) electrons. The number of carbonyl (C=O) groups is 2. The van der Waals surface area contributed by atoms with Gasteiger partial charge >= 0.3 is 5.91 Å². The summed E-state index contributed by atoms with van der Waals surface area (Å²) in [6.45, 7) is 1.93. The van der Waals surface area contributed by atoms with Crippen molar-refractivity contribution < 1.29 is 19.4 Å². The third-order valence-corrected chi connectivity index (χ3v) is 7.02. The summed E-state index contributed by atoms with van der Waals surface area (Å²) in [6.07, 6.45) is 0. The number of fused-ring (bicyclic) bond motifs is 1. The first kappa shape index (κ1) is 22.1.